The van der Waals surface area contributed by atoms with Gasteiger partial charge in [0.2, 0.25) is 0 Å². The fourth-order valence-corrected chi connectivity index (χ4v) is 3.50. The van der Waals surface area contributed by atoms with Crippen LogP contribution >= 0.6 is 11.3 Å². The van der Waals surface area contributed by atoms with Gasteiger partial charge in [0.1, 0.15) is 0 Å². The molecule has 0 aliphatic heterocycles. The van der Waals surface area contributed by atoms with E-state index in [2.05, 4.69) is 41.9 Å². The maximum atomic E-state index is 3.73. The molecule has 1 nitrogen and oxygen atoms in total. The highest BCUT2D eigenvalue weighted by Gasteiger charge is 2.32. The van der Waals surface area contributed by atoms with Gasteiger partial charge >= 0.3 is 0 Å². The van der Waals surface area contributed by atoms with Gasteiger partial charge in [0.05, 0.1) is 0 Å². The molecule has 17 heavy (non-hydrogen) atoms. The zero-order valence-electron chi connectivity index (χ0n) is 10.3. The van der Waals surface area contributed by atoms with E-state index in [0.717, 1.165) is 12.5 Å². The van der Waals surface area contributed by atoms with Crippen LogP contribution in [0.15, 0.2) is 29.6 Å². The van der Waals surface area contributed by atoms with Crippen molar-refractivity contribution < 1.29 is 0 Å². The Hall–Kier alpha value is -0.860. The molecule has 1 aliphatic rings. The lowest BCUT2D eigenvalue weighted by Crippen LogP contribution is -2.23. The summed E-state index contributed by atoms with van der Waals surface area (Å²) in [6.45, 7) is 3.37. The fraction of sp³-hybridized carbons (Fsp3) is 0.467. The van der Waals surface area contributed by atoms with Gasteiger partial charge in [-0.05, 0) is 54.1 Å². The molecule has 1 heterocycles. The van der Waals surface area contributed by atoms with Crippen LogP contribution in [0.5, 0.6) is 0 Å². The van der Waals surface area contributed by atoms with E-state index in [0.29, 0.717) is 6.04 Å². The second kappa shape index (κ2) is 4.79. The van der Waals surface area contributed by atoms with Gasteiger partial charge in [-0.15, -0.1) is 11.3 Å². The van der Waals surface area contributed by atoms with E-state index in [4.69, 9.17) is 0 Å². The first-order valence-electron chi connectivity index (χ1n) is 6.59. The number of thiophene rings is 1. The third-order valence-corrected chi connectivity index (χ3v) is 4.54. The third kappa shape index (κ3) is 2.24. The van der Waals surface area contributed by atoms with Crippen LogP contribution < -0.4 is 5.32 Å². The minimum atomic E-state index is 0.589. The predicted molar refractivity (Wildman–Crippen MR) is 75.6 cm³/mol. The van der Waals surface area contributed by atoms with Crippen molar-refractivity contribution in [1.82, 2.24) is 5.32 Å². The maximum Gasteiger partial charge on any atom is 0.0363 e. The van der Waals surface area contributed by atoms with Gasteiger partial charge in [0, 0.05) is 10.7 Å². The molecule has 90 valence electrons. The summed E-state index contributed by atoms with van der Waals surface area (Å²) >= 11 is 1.88. The second-order valence-corrected chi connectivity index (χ2v) is 5.87. The van der Waals surface area contributed by atoms with E-state index in [1.807, 2.05) is 11.3 Å². The molecule has 1 aliphatic carbocycles. The van der Waals surface area contributed by atoms with Gasteiger partial charge in [0.25, 0.3) is 0 Å². The lowest BCUT2D eigenvalue weighted by molar-refractivity contribution is 0.485. The van der Waals surface area contributed by atoms with Crippen LogP contribution in [-0.4, -0.2) is 6.54 Å². The highest BCUT2D eigenvalue weighted by atomic mass is 32.1. The normalized spacial score (nSPS) is 17.5. The van der Waals surface area contributed by atoms with Crippen molar-refractivity contribution in [2.45, 2.75) is 32.2 Å². The monoisotopic (exact) mass is 245 g/mol. The van der Waals surface area contributed by atoms with Crippen molar-refractivity contribution in [3.05, 3.63) is 35.2 Å². The summed E-state index contributed by atoms with van der Waals surface area (Å²) in [6, 6.07) is 9.37. The molecular formula is C15H19NS. The van der Waals surface area contributed by atoms with E-state index >= 15 is 0 Å². The Bertz CT molecular complexity index is 498. The van der Waals surface area contributed by atoms with Crippen LogP contribution in [-0.2, 0) is 0 Å². The van der Waals surface area contributed by atoms with E-state index in [1.165, 1.54) is 34.9 Å². The Labute approximate surface area is 107 Å². The number of benzene rings is 1. The third-order valence-electron chi connectivity index (χ3n) is 3.55. The molecule has 1 N–H and O–H groups in total. The minimum Gasteiger partial charge on any atom is -0.310 e. The van der Waals surface area contributed by atoms with Crippen LogP contribution in [0.3, 0.4) is 0 Å². The standard InChI is InChI=1S/C15H19NS/c1-2-9-16-15(11-7-8-11)13-10-17-14-6-4-3-5-12(13)14/h3-6,10-11,15-16H,2,7-9H2,1H3. The van der Waals surface area contributed by atoms with Crippen LogP contribution in [0.2, 0.25) is 0 Å². The minimum absolute atomic E-state index is 0.589. The lowest BCUT2D eigenvalue weighted by atomic mass is 10.0. The number of fused-ring (bicyclic) bond motifs is 1. The summed E-state index contributed by atoms with van der Waals surface area (Å²) in [5, 5.41) is 7.55. The van der Waals surface area contributed by atoms with Crippen molar-refractivity contribution in [1.29, 1.82) is 0 Å². The quantitative estimate of drug-likeness (QED) is 0.825. The number of nitrogens with one attached hydrogen (secondary N) is 1. The number of hydrogen-bond donors (Lipinski definition) is 1. The van der Waals surface area contributed by atoms with E-state index < -0.39 is 0 Å². The van der Waals surface area contributed by atoms with Crippen LogP contribution in [0.1, 0.15) is 37.8 Å². The van der Waals surface area contributed by atoms with Crippen LogP contribution in [0, 0.1) is 5.92 Å². The summed E-state index contributed by atoms with van der Waals surface area (Å²) in [6.07, 6.45) is 4.00. The van der Waals surface area contributed by atoms with Crippen molar-refractivity contribution in [3.8, 4) is 0 Å². The lowest BCUT2D eigenvalue weighted by Gasteiger charge is -2.17. The Morgan fingerprint density at radius 2 is 2.18 bits per heavy atom. The van der Waals surface area contributed by atoms with Gasteiger partial charge in [-0.3, -0.25) is 0 Å². The molecule has 1 aromatic heterocycles. The molecule has 2 aromatic rings. The summed E-state index contributed by atoms with van der Waals surface area (Å²) in [5.41, 5.74) is 1.53. The fourth-order valence-electron chi connectivity index (χ4n) is 2.50. The average molecular weight is 245 g/mol. The summed E-state index contributed by atoms with van der Waals surface area (Å²) in [5.74, 6) is 0.875. The molecule has 1 unspecified atom stereocenters. The average Bonchev–Trinajstić information content (AvgIpc) is 3.11. The first-order valence-corrected chi connectivity index (χ1v) is 7.47. The topological polar surface area (TPSA) is 12.0 Å². The Morgan fingerprint density at radius 3 is 2.94 bits per heavy atom. The van der Waals surface area contributed by atoms with Gasteiger partial charge < -0.3 is 5.32 Å². The van der Waals surface area contributed by atoms with Gasteiger partial charge in [-0.25, -0.2) is 0 Å². The van der Waals surface area contributed by atoms with E-state index in [-0.39, 0.29) is 0 Å². The zero-order valence-corrected chi connectivity index (χ0v) is 11.1. The highest BCUT2D eigenvalue weighted by Crippen LogP contribution is 2.44. The number of rotatable bonds is 5. The molecule has 0 saturated heterocycles. The SMILES string of the molecule is CCCNC(c1csc2ccccc12)C1CC1. The molecule has 1 aromatic carbocycles. The summed E-state index contributed by atoms with van der Waals surface area (Å²) < 4.78 is 1.42. The van der Waals surface area contributed by atoms with Crippen LogP contribution in [0.4, 0.5) is 0 Å². The molecule has 1 atom stereocenters. The molecule has 0 bridgehead atoms. The molecule has 3 rings (SSSR count). The molecule has 0 amide bonds. The molecular weight excluding hydrogens is 226 g/mol. The second-order valence-electron chi connectivity index (χ2n) is 4.96. The van der Waals surface area contributed by atoms with Crippen molar-refractivity contribution >= 4 is 21.4 Å². The highest BCUT2D eigenvalue weighted by molar-refractivity contribution is 7.17. The largest absolute Gasteiger partial charge is 0.310 e. The van der Waals surface area contributed by atoms with E-state index in [9.17, 15) is 0 Å². The Balaban J connectivity index is 1.94. The Kier molecular flexibility index (Phi) is 3.17. The molecule has 0 spiro atoms. The smallest absolute Gasteiger partial charge is 0.0363 e. The summed E-state index contributed by atoms with van der Waals surface area (Å²) in [4.78, 5) is 0. The van der Waals surface area contributed by atoms with Gasteiger partial charge in [0.15, 0.2) is 0 Å². The van der Waals surface area contributed by atoms with Crippen molar-refractivity contribution in [2.75, 3.05) is 6.54 Å². The van der Waals surface area contributed by atoms with Crippen molar-refractivity contribution in [2.24, 2.45) is 5.92 Å². The van der Waals surface area contributed by atoms with Crippen LogP contribution in [0.25, 0.3) is 10.1 Å². The van der Waals surface area contributed by atoms with Gasteiger partial charge in [-0.1, -0.05) is 25.1 Å². The zero-order chi connectivity index (χ0) is 11.7. The maximum absolute atomic E-state index is 3.73. The molecule has 1 saturated carbocycles. The summed E-state index contributed by atoms with van der Waals surface area (Å²) in [7, 11) is 0. The predicted octanol–water partition coefficient (Wildman–Crippen LogP) is 4.35. The number of hydrogen-bond acceptors (Lipinski definition) is 2. The molecule has 0 radical (unpaired) electrons. The van der Waals surface area contributed by atoms with E-state index in [1.54, 1.807) is 0 Å². The first-order chi connectivity index (χ1) is 8.40. The Morgan fingerprint density at radius 1 is 1.35 bits per heavy atom. The van der Waals surface area contributed by atoms with Gasteiger partial charge in [-0.2, -0.15) is 0 Å². The molecule has 1 fully saturated rings. The first kappa shape index (κ1) is 11.2. The molecule has 2 heteroatoms. The van der Waals surface area contributed by atoms with Crippen molar-refractivity contribution in [3.63, 3.8) is 0 Å².